The number of para-hydroxylation sites is 1. The summed E-state index contributed by atoms with van der Waals surface area (Å²) in [5.41, 5.74) is 0.586. The van der Waals surface area contributed by atoms with Gasteiger partial charge in [0.25, 0.3) is 5.56 Å². The third kappa shape index (κ3) is 4.65. The topological polar surface area (TPSA) is 73.2 Å². The van der Waals surface area contributed by atoms with Crippen LogP contribution < -0.4 is 10.9 Å². The first kappa shape index (κ1) is 18.9. The second-order valence-corrected chi connectivity index (χ2v) is 7.89. The summed E-state index contributed by atoms with van der Waals surface area (Å²) in [4.78, 5) is 29.6. The summed E-state index contributed by atoms with van der Waals surface area (Å²) in [5, 5.41) is 4.07. The minimum absolute atomic E-state index is 0.0322. The molecule has 0 bridgehead atoms. The van der Waals surface area contributed by atoms with E-state index in [0.29, 0.717) is 35.1 Å². The molecule has 0 radical (unpaired) electrons. The summed E-state index contributed by atoms with van der Waals surface area (Å²) in [7, 11) is 0. The van der Waals surface area contributed by atoms with Gasteiger partial charge in [0, 0.05) is 13.2 Å². The number of aromatic nitrogens is 2. The molecule has 0 aliphatic carbocycles. The molecule has 7 heteroatoms. The summed E-state index contributed by atoms with van der Waals surface area (Å²) < 4.78 is 7.36. The minimum Gasteiger partial charge on any atom is -0.376 e. The van der Waals surface area contributed by atoms with Gasteiger partial charge in [-0.15, -0.1) is 0 Å². The zero-order valence-corrected chi connectivity index (χ0v) is 16.1. The van der Waals surface area contributed by atoms with Crippen molar-refractivity contribution in [3.8, 4) is 0 Å². The van der Waals surface area contributed by atoms with Gasteiger partial charge in [0.1, 0.15) is 0 Å². The predicted octanol–water partition coefficient (Wildman–Crippen LogP) is 2.44. The molecule has 1 aliphatic heterocycles. The highest BCUT2D eigenvalue weighted by Crippen LogP contribution is 2.20. The molecule has 2 heterocycles. The molecule has 1 aliphatic rings. The summed E-state index contributed by atoms with van der Waals surface area (Å²) >= 11 is 1.30. The Hall–Kier alpha value is -1.86. The summed E-state index contributed by atoms with van der Waals surface area (Å²) in [6.07, 6.45) is 1.99. The molecule has 26 heavy (non-hydrogen) atoms. The van der Waals surface area contributed by atoms with Gasteiger partial charge in [0.05, 0.1) is 29.3 Å². The van der Waals surface area contributed by atoms with Crippen LogP contribution in [0.4, 0.5) is 0 Å². The average molecular weight is 375 g/mol. The van der Waals surface area contributed by atoms with E-state index in [4.69, 9.17) is 4.74 Å². The van der Waals surface area contributed by atoms with E-state index in [-0.39, 0.29) is 23.3 Å². The molecule has 1 saturated heterocycles. The number of hydrogen-bond acceptors (Lipinski definition) is 5. The van der Waals surface area contributed by atoms with Gasteiger partial charge in [-0.2, -0.15) is 0 Å². The number of ether oxygens (including phenoxy) is 1. The molecule has 1 aromatic heterocycles. The van der Waals surface area contributed by atoms with Gasteiger partial charge in [-0.1, -0.05) is 37.7 Å². The second kappa shape index (κ2) is 8.68. The number of hydrogen-bond donors (Lipinski definition) is 1. The van der Waals surface area contributed by atoms with Gasteiger partial charge in [-0.3, -0.25) is 14.2 Å². The Morgan fingerprint density at radius 3 is 2.96 bits per heavy atom. The van der Waals surface area contributed by atoms with Crippen LogP contribution in [0.15, 0.2) is 34.2 Å². The molecule has 3 rings (SSSR count). The molecule has 1 atom stereocenters. The Kier molecular flexibility index (Phi) is 6.32. The highest BCUT2D eigenvalue weighted by molar-refractivity contribution is 7.99. The third-order valence-electron chi connectivity index (χ3n) is 4.28. The summed E-state index contributed by atoms with van der Waals surface area (Å²) in [6, 6.07) is 7.33. The van der Waals surface area contributed by atoms with Gasteiger partial charge >= 0.3 is 0 Å². The maximum absolute atomic E-state index is 13.0. The standard InChI is InChI=1S/C19H25N3O3S/c1-13(2)10-20-17(23)12-26-19-21-16-8-4-3-7-15(16)18(24)22(19)11-14-6-5-9-25-14/h3-4,7-8,13-14H,5-6,9-12H2,1-2H3,(H,20,23)/t14-/m1/s1. The maximum atomic E-state index is 13.0. The van der Waals surface area contributed by atoms with Crippen molar-refractivity contribution in [3.05, 3.63) is 34.6 Å². The van der Waals surface area contributed by atoms with Crippen LogP contribution in [-0.4, -0.2) is 40.5 Å². The molecule has 1 fully saturated rings. The van der Waals surface area contributed by atoms with Crippen molar-refractivity contribution in [3.63, 3.8) is 0 Å². The fourth-order valence-electron chi connectivity index (χ4n) is 2.91. The molecule has 1 aromatic carbocycles. The first-order chi connectivity index (χ1) is 12.5. The Labute approximate surface area is 157 Å². The van der Waals surface area contributed by atoms with Crippen molar-refractivity contribution in [2.45, 2.75) is 44.5 Å². The molecule has 0 saturated carbocycles. The van der Waals surface area contributed by atoms with Crippen molar-refractivity contribution in [2.75, 3.05) is 18.9 Å². The number of rotatable bonds is 7. The van der Waals surface area contributed by atoms with Crippen LogP contribution in [0.1, 0.15) is 26.7 Å². The van der Waals surface area contributed by atoms with Gasteiger partial charge < -0.3 is 10.1 Å². The number of amides is 1. The zero-order chi connectivity index (χ0) is 18.5. The number of nitrogens with zero attached hydrogens (tertiary/aromatic N) is 2. The first-order valence-electron chi connectivity index (χ1n) is 9.05. The molecule has 6 nitrogen and oxygen atoms in total. The summed E-state index contributed by atoms with van der Waals surface area (Å²) in [5.74, 6) is 0.596. The number of nitrogens with one attached hydrogen (secondary N) is 1. The van der Waals surface area contributed by atoms with Crippen molar-refractivity contribution in [2.24, 2.45) is 5.92 Å². The lowest BCUT2D eigenvalue weighted by Crippen LogP contribution is -2.31. The second-order valence-electron chi connectivity index (χ2n) is 6.95. The van der Waals surface area contributed by atoms with Gasteiger partial charge in [-0.05, 0) is 30.9 Å². The predicted molar refractivity (Wildman–Crippen MR) is 104 cm³/mol. The Morgan fingerprint density at radius 1 is 1.42 bits per heavy atom. The minimum atomic E-state index is -0.0730. The molecule has 2 aromatic rings. The SMILES string of the molecule is CC(C)CNC(=O)CSc1nc2ccccc2c(=O)n1C[C@H]1CCCO1. The van der Waals surface area contributed by atoms with E-state index < -0.39 is 0 Å². The average Bonchev–Trinajstić information content (AvgIpc) is 3.14. The number of carbonyl (C=O) groups excluding carboxylic acids is 1. The number of fused-ring (bicyclic) bond motifs is 1. The van der Waals surface area contributed by atoms with E-state index in [1.165, 1.54) is 11.8 Å². The maximum Gasteiger partial charge on any atom is 0.262 e. The third-order valence-corrected chi connectivity index (χ3v) is 5.25. The molecule has 140 valence electrons. The fraction of sp³-hybridized carbons (Fsp3) is 0.526. The van der Waals surface area contributed by atoms with Crippen LogP contribution in [0.25, 0.3) is 10.9 Å². The van der Waals surface area contributed by atoms with E-state index in [0.717, 1.165) is 19.4 Å². The van der Waals surface area contributed by atoms with Crippen LogP contribution in [0.5, 0.6) is 0 Å². The lowest BCUT2D eigenvalue weighted by atomic mass is 10.2. The van der Waals surface area contributed by atoms with Crippen LogP contribution in [0.3, 0.4) is 0 Å². The van der Waals surface area contributed by atoms with Crippen LogP contribution in [0, 0.1) is 5.92 Å². The van der Waals surface area contributed by atoms with E-state index >= 15 is 0 Å². The zero-order valence-electron chi connectivity index (χ0n) is 15.2. The quantitative estimate of drug-likeness (QED) is 0.594. The van der Waals surface area contributed by atoms with Crippen LogP contribution in [-0.2, 0) is 16.1 Å². The Morgan fingerprint density at radius 2 is 2.23 bits per heavy atom. The monoisotopic (exact) mass is 375 g/mol. The first-order valence-corrected chi connectivity index (χ1v) is 10.0. The van der Waals surface area contributed by atoms with Crippen molar-refractivity contribution in [1.29, 1.82) is 0 Å². The lowest BCUT2D eigenvalue weighted by molar-refractivity contribution is -0.118. The number of carbonyl (C=O) groups is 1. The van der Waals surface area contributed by atoms with Gasteiger partial charge in [-0.25, -0.2) is 4.98 Å². The number of benzene rings is 1. The Bertz CT molecular complexity index is 828. The molecule has 0 spiro atoms. The Balaban J connectivity index is 1.84. The van der Waals surface area contributed by atoms with Crippen LogP contribution in [0.2, 0.25) is 0 Å². The number of thioether (sulfide) groups is 1. The normalized spacial score (nSPS) is 17.1. The van der Waals surface area contributed by atoms with E-state index in [2.05, 4.69) is 24.1 Å². The highest BCUT2D eigenvalue weighted by atomic mass is 32.2. The van der Waals surface area contributed by atoms with E-state index in [1.54, 1.807) is 10.6 Å². The molecule has 1 N–H and O–H groups in total. The summed E-state index contributed by atoms with van der Waals surface area (Å²) in [6.45, 7) is 5.97. The smallest absolute Gasteiger partial charge is 0.262 e. The fourth-order valence-corrected chi connectivity index (χ4v) is 3.75. The van der Waals surface area contributed by atoms with E-state index in [9.17, 15) is 9.59 Å². The van der Waals surface area contributed by atoms with Gasteiger partial charge in [0.2, 0.25) is 5.91 Å². The largest absolute Gasteiger partial charge is 0.376 e. The highest BCUT2D eigenvalue weighted by Gasteiger charge is 2.20. The van der Waals surface area contributed by atoms with Crippen molar-refractivity contribution in [1.82, 2.24) is 14.9 Å². The van der Waals surface area contributed by atoms with Crippen molar-refractivity contribution >= 4 is 28.6 Å². The van der Waals surface area contributed by atoms with E-state index in [1.807, 2.05) is 18.2 Å². The lowest BCUT2D eigenvalue weighted by Gasteiger charge is -2.16. The molecular weight excluding hydrogens is 350 g/mol. The van der Waals surface area contributed by atoms with Gasteiger partial charge in [0.15, 0.2) is 5.16 Å². The molecule has 1 amide bonds. The van der Waals surface area contributed by atoms with Crippen LogP contribution >= 0.6 is 11.8 Å². The molecular formula is C19H25N3O3S. The molecule has 0 unspecified atom stereocenters. The van der Waals surface area contributed by atoms with Crippen molar-refractivity contribution < 1.29 is 9.53 Å².